The number of nitrogens with zero attached hydrogens (tertiary/aromatic N) is 3. The summed E-state index contributed by atoms with van der Waals surface area (Å²) in [6, 6.07) is 7.11. The number of likely N-dealkylation sites (N-methyl/N-ethyl adjacent to an activating group) is 1. The maximum absolute atomic E-state index is 13.1. The number of rotatable bonds is 8. The molecule has 0 atom stereocenters. The average Bonchev–Trinajstić information content (AvgIpc) is 2.61. The molecular formula is C19H28N4O2. The average molecular weight is 344 g/mol. The van der Waals surface area contributed by atoms with Crippen molar-refractivity contribution >= 4 is 16.7 Å². The number of carbonyl (C=O) groups excluding carboxylic acids is 1. The van der Waals surface area contributed by atoms with Gasteiger partial charge in [-0.3, -0.25) is 9.59 Å². The van der Waals surface area contributed by atoms with Crippen LogP contribution in [-0.4, -0.2) is 58.6 Å². The number of nitrogens with one attached hydrogen (secondary N) is 1. The molecule has 1 aromatic heterocycles. The van der Waals surface area contributed by atoms with E-state index in [1.54, 1.807) is 18.2 Å². The first-order valence-electron chi connectivity index (χ1n) is 8.96. The smallest absolute Gasteiger partial charge is 0.274 e. The summed E-state index contributed by atoms with van der Waals surface area (Å²) in [5.41, 5.74) is 0.0427. The standard InChI is InChI=1S/C19H28N4O2/c1-5-22(6-2)11-12-23(13-14(3)4)19(25)17-15-9-7-8-10-16(15)18(24)21-20-17/h7-10,14H,5-6,11-13H2,1-4H3,(H,21,24). The Morgan fingerprint density at radius 1 is 1.12 bits per heavy atom. The van der Waals surface area contributed by atoms with Crippen molar-refractivity contribution in [3.8, 4) is 0 Å². The van der Waals surface area contributed by atoms with Crippen LogP contribution in [0.1, 0.15) is 38.2 Å². The van der Waals surface area contributed by atoms with E-state index in [-0.39, 0.29) is 11.5 Å². The van der Waals surface area contributed by atoms with E-state index in [0.29, 0.717) is 35.5 Å². The van der Waals surface area contributed by atoms with Crippen molar-refractivity contribution in [3.05, 3.63) is 40.3 Å². The maximum atomic E-state index is 13.1. The van der Waals surface area contributed by atoms with Crippen molar-refractivity contribution in [2.45, 2.75) is 27.7 Å². The minimum Gasteiger partial charge on any atom is -0.336 e. The van der Waals surface area contributed by atoms with Crippen LogP contribution >= 0.6 is 0 Å². The Hall–Kier alpha value is -2.21. The fourth-order valence-electron chi connectivity index (χ4n) is 2.95. The molecule has 0 saturated carbocycles. The first-order valence-corrected chi connectivity index (χ1v) is 8.96. The summed E-state index contributed by atoms with van der Waals surface area (Å²) in [6.45, 7) is 12.5. The molecule has 0 unspecified atom stereocenters. The number of H-pyrrole nitrogens is 1. The van der Waals surface area contributed by atoms with E-state index in [1.807, 2.05) is 11.0 Å². The molecule has 0 aliphatic heterocycles. The fourth-order valence-corrected chi connectivity index (χ4v) is 2.95. The zero-order chi connectivity index (χ0) is 18.4. The highest BCUT2D eigenvalue weighted by molar-refractivity contribution is 6.04. The van der Waals surface area contributed by atoms with Gasteiger partial charge in [-0.2, -0.15) is 5.10 Å². The largest absolute Gasteiger partial charge is 0.336 e. The van der Waals surface area contributed by atoms with Crippen molar-refractivity contribution in [2.75, 3.05) is 32.7 Å². The Kier molecular flexibility index (Phi) is 6.70. The lowest BCUT2D eigenvalue weighted by molar-refractivity contribution is 0.0711. The van der Waals surface area contributed by atoms with Gasteiger partial charge >= 0.3 is 0 Å². The van der Waals surface area contributed by atoms with Crippen molar-refractivity contribution in [1.82, 2.24) is 20.0 Å². The van der Waals surface area contributed by atoms with Gasteiger partial charge in [0.1, 0.15) is 0 Å². The van der Waals surface area contributed by atoms with Gasteiger partial charge in [-0.05, 0) is 25.1 Å². The Morgan fingerprint density at radius 2 is 1.76 bits per heavy atom. The number of amides is 1. The first-order chi connectivity index (χ1) is 12.0. The number of aromatic amines is 1. The van der Waals surface area contributed by atoms with Crippen LogP contribution in [0.4, 0.5) is 0 Å². The van der Waals surface area contributed by atoms with Gasteiger partial charge in [0.25, 0.3) is 11.5 Å². The minimum absolute atomic E-state index is 0.131. The van der Waals surface area contributed by atoms with Gasteiger partial charge in [0.05, 0.1) is 5.39 Å². The molecular weight excluding hydrogens is 316 g/mol. The highest BCUT2D eigenvalue weighted by atomic mass is 16.2. The van der Waals surface area contributed by atoms with Crippen LogP contribution in [0, 0.1) is 5.92 Å². The highest BCUT2D eigenvalue weighted by Crippen LogP contribution is 2.15. The van der Waals surface area contributed by atoms with Crippen LogP contribution in [0.15, 0.2) is 29.1 Å². The number of hydrogen-bond donors (Lipinski definition) is 1. The van der Waals surface area contributed by atoms with Crippen LogP contribution in [0.5, 0.6) is 0 Å². The lowest BCUT2D eigenvalue weighted by atomic mass is 10.1. The third kappa shape index (κ3) is 4.66. The quantitative estimate of drug-likeness (QED) is 0.798. The summed E-state index contributed by atoms with van der Waals surface area (Å²) in [7, 11) is 0. The normalized spacial score (nSPS) is 11.4. The molecule has 0 saturated heterocycles. The number of benzene rings is 1. The Bertz CT molecular complexity index is 765. The second-order valence-electron chi connectivity index (χ2n) is 6.62. The van der Waals surface area contributed by atoms with Gasteiger partial charge < -0.3 is 9.80 Å². The van der Waals surface area contributed by atoms with Gasteiger partial charge in [0.2, 0.25) is 0 Å². The molecule has 1 aromatic carbocycles. The molecule has 136 valence electrons. The van der Waals surface area contributed by atoms with Crippen molar-refractivity contribution < 1.29 is 4.79 Å². The molecule has 0 aliphatic rings. The van der Waals surface area contributed by atoms with Gasteiger partial charge in [-0.25, -0.2) is 5.10 Å². The van der Waals surface area contributed by atoms with Gasteiger partial charge in [0.15, 0.2) is 5.69 Å². The molecule has 1 N–H and O–H groups in total. The molecule has 1 amide bonds. The lowest BCUT2D eigenvalue weighted by Crippen LogP contribution is -2.41. The predicted molar refractivity (Wildman–Crippen MR) is 101 cm³/mol. The summed E-state index contributed by atoms with van der Waals surface area (Å²) in [5.74, 6) is 0.225. The summed E-state index contributed by atoms with van der Waals surface area (Å²) in [4.78, 5) is 29.2. The van der Waals surface area contributed by atoms with E-state index in [9.17, 15) is 9.59 Å². The van der Waals surface area contributed by atoms with E-state index in [4.69, 9.17) is 0 Å². The molecule has 25 heavy (non-hydrogen) atoms. The number of hydrogen-bond acceptors (Lipinski definition) is 4. The lowest BCUT2D eigenvalue weighted by Gasteiger charge is -2.27. The van der Waals surface area contributed by atoms with Crippen LogP contribution < -0.4 is 5.56 Å². The molecule has 0 aliphatic carbocycles. The number of fused-ring (bicyclic) bond motifs is 1. The third-order valence-electron chi connectivity index (χ3n) is 4.35. The van der Waals surface area contributed by atoms with E-state index in [1.165, 1.54) is 0 Å². The SMILES string of the molecule is CCN(CC)CCN(CC(C)C)C(=O)c1n[nH]c(=O)c2ccccc12. The first kappa shape index (κ1) is 19.1. The van der Waals surface area contributed by atoms with E-state index < -0.39 is 0 Å². The Labute approximate surface area is 148 Å². The summed E-state index contributed by atoms with van der Waals surface area (Å²) < 4.78 is 0. The minimum atomic E-state index is -0.272. The maximum Gasteiger partial charge on any atom is 0.274 e. The Morgan fingerprint density at radius 3 is 2.36 bits per heavy atom. The molecule has 1 heterocycles. The zero-order valence-corrected chi connectivity index (χ0v) is 15.6. The fraction of sp³-hybridized carbons (Fsp3) is 0.526. The van der Waals surface area contributed by atoms with E-state index >= 15 is 0 Å². The van der Waals surface area contributed by atoms with Crippen molar-refractivity contribution in [3.63, 3.8) is 0 Å². The molecule has 0 spiro atoms. The molecule has 0 fully saturated rings. The van der Waals surface area contributed by atoms with E-state index in [2.05, 4.69) is 42.8 Å². The second-order valence-corrected chi connectivity index (χ2v) is 6.62. The van der Waals surface area contributed by atoms with Gasteiger partial charge in [0, 0.05) is 25.0 Å². The number of aromatic nitrogens is 2. The van der Waals surface area contributed by atoms with Crippen LogP contribution in [0.2, 0.25) is 0 Å². The zero-order valence-electron chi connectivity index (χ0n) is 15.6. The predicted octanol–water partition coefficient (Wildman–Crippen LogP) is 2.36. The molecule has 2 aromatic rings. The Balaban J connectivity index is 2.33. The van der Waals surface area contributed by atoms with Gasteiger partial charge in [-0.15, -0.1) is 0 Å². The van der Waals surface area contributed by atoms with Gasteiger partial charge in [-0.1, -0.05) is 45.9 Å². The van der Waals surface area contributed by atoms with Crippen LogP contribution in [-0.2, 0) is 0 Å². The molecule has 0 radical (unpaired) electrons. The number of carbonyl (C=O) groups is 1. The molecule has 6 heteroatoms. The summed E-state index contributed by atoms with van der Waals surface area (Å²) in [5, 5.41) is 7.61. The summed E-state index contributed by atoms with van der Waals surface area (Å²) in [6.07, 6.45) is 0. The van der Waals surface area contributed by atoms with Crippen molar-refractivity contribution in [1.29, 1.82) is 0 Å². The summed E-state index contributed by atoms with van der Waals surface area (Å²) >= 11 is 0. The molecule has 6 nitrogen and oxygen atoms in total. The topological polar surface area (TPSA) is 69.3 Å². The molecule has 0 bridgehead atoms. The van der Waals surface area contributed by atoms with Crippen LogP contribution in [0.3, 0.4) is 0 Å². The van der Waals surface area contributed by atoms with Crippen LogP contribution in [0.25, 0.3) is 10.8 Å². The molecule has 2 rings (SSSR count). The second kappa shape index (κ2) is 8.76. The van der Waals surface area contributed by atoms with E-state index in [0.717, 1.165) is 19.6 Å². The van der Waals surface area contributed by atoms with Crippen molar-refractivity contribution in [2.24, 2.45) is 5.92 Å². The highest BCUT2D eigenvalue weighted by Gasteiger charge is 2.21. The third-order valence-corrected chi connectivity index (χ3v) is 4.35. The monoisotopic (exact) mass is 344 g/mol.